The van der Waals surface area contributed by atoms with Gasteiger partial charge >= 0.3 is 0 Å². The zero-order chi connectivity index (χ0) is 18.5. The van der Waals surface area contributed by atoms with Crippen LogP contribution in [0.2, 0.25) is 0 Å². The van der Waals surface area contributed by atoms with Crippen LogP contribution >= 0.6 is 11.8 Å². The molecule has 1 N–H and O–H groups in total. The predicted octanol–water partition coefficient (Wildman–Crippen LogP) is 4.64. The van der Waals surface area contributed by atoms with Crippen molar-refractivity contribution < 1.29 is 9.26 Å². The summed E-state index contributed by atoms with van der Waals surface area (Å²) in [7, 11) is 0. The van der Waals surface area contributed by atoms with Crippen LogP contribution in [0.25, 0.3) is 11.3 Å². The Bertz CT molecular complexity index is 1010. The summed E-state index contributed by atoms with van der Waals surface area (Å²) < 4.78 is 11.2. The van der Waals surface area contributed by atoms with Gasteiger partial charge in [-0.05, 0) is 18.6 Å². The summed E-state index contributed by atoms with van der Waals surface area (Å²) >= 11 is 1.50. The highest BCUT2D eigenvalue weighted by Crippen LogP contribution is 2.24. The number of aryl methyl sites for hydroxylation is 1. The number of hydrogen-bond donors (Lipinski definition) is 1. The van der Waals surface area contributed by atoms with Crippen molar-refractivity contribution in [3.8, 4) is 17.1 Å². The Morgan fingerprint density at radius 2 is 1.89 bits per heavy atom. The van der Waals surface area contributed by atoms with E-state index in [1.165, 1.54) is 11.8 Å². The molecular formula is C20H18N4O2S. The van der Waals surface area contributed by atoms with Crippen LogP contribution in [0.4, 0.5) is 0 Å². The summed E-state index contributed by atoms with van der Waals surface area (Å²) in [5, 5.41) is 11.9. The van der Waals surface area contributed by atoms with Crippen LogP contribution in [0.1, 0.15) is 17.1 Å². The van der Waals surface area contributed by atoms with Crippen LogP contribution in [0.15, 0.2) is 70.3 Å². The van der Waals surface area contributed by atoms with Gasteiger partial charge in [-0.15, -0.1) is 5.10 Å². The van der Waals surface area contributed by atoms with Crippen molar-refractivity contribution >= 4 is 11.8 Å². The molecule has 0 aliphatic rings. The average Bonchev–Trinajstić information content (AvgIpc) is 3.36. The molecule has 0 aliphatic carbocycles. The number of thioether (sulfide) groups is 1. The summed E-state index contributed by atoms with van der Waals surface area (Å²) in [4.78, 5) is 4.45. The molecule has 4 rings (SSSR count). The summed E-state index contributed by atoms with van der Waals surface area (Å²) in [6.07, 6.45) is 0. The monoisotopic (exact) mass is 378 g/mol. The van der Waals surface area contributed by atoms with E-state index < -0.39 is 0 Å². The smallest absolute Gasteiger partial charge is 0.208 e. The third-order valence-corrected chi connectivity index (χ3v) is 4.82. The van der Waals surface area contributed by atoms with E-state index in [-0.39, 0.29) is 0 Å². The minimum absolute atomic E-state index is 0.348. The fraction of sp³-hybridized carbons (Fsp3) is 0.150. The van der Waals surface area contributed by atoms with E-state index in [1.54, 1.807) is 0 Å². The quantitative estimate of drug-likeness (QED) is 0.472. The molecule has 0 fully saturated rings. The van der Waals surface area contributed by atoms with Gasteiger partial charge in [0.2, 0.25) is 5.16 Å². The molecule has 0 saturated heterocycles. The number of ether oxygens (including phenoxy) is 1. The van der Waals surface area contributed by atoms with Gasteiger partial charge in [0.25, 0.3) is 0 Å². The van der Waals surface area contributed by atoms with Crippen LogP contribution in [-0.2, 0) is 12.4 Å². The molecule has 2 aromatic carbocycles. The number of benzene rings is 2. The first-order valence-electron chi connectivity index (χ1n) is 8.51. The number of nitrogens with zero attached hydrogens (tertiary/aromatic N) is 3. The maximum absolute atomic E-state index is 5.78. The highest BCUT2D eigenvalue weighted by atomic mass is 32.2. The van der Waals surface area contributed by atoms with Crippen molar-refractivity contribution in [1.82, 2.24) is 20.3 Å². The van der Waals surface area contributed by atoms with E-state index in [2.05, 4.69) is 20.3 Å². The van der Waals surface area contributed by atoms with Crippen molar-refractivity contribution in [1.29, 1.82) is 0 Å². The van der Waals surface area contributed by atoms with E-state index in [0.29, 0.717) is 23.3 Å². The van der Waals surface area contributed by atoms with Gasteiger partial charge in [-0.3, -0.25) is 5.10 Å². The van der Waals surface area contributed by atoms with Crippen LogP contribution in [0.3, 0.4) is 0 Å². The molecule has 0 radical (unpaired) electrons. The number of para-hydroxylation sites is 1. The average molecular weight is 378 g/mol. The summed E-state index contributed by atoms with van der Waals surface area (Å²) in [5.41, 5.74) is 2.95. The minimum atomic E-state index is 0.348. The Morgan fingerprint density at radius 1 is 1.07 bits per heavy atom. The molecule has 0 atom stereocenters. The zero-order valence-corrected chi connectivity index (χ0v) is 15.6. The number of H-pyrrole nitrogens is 1. The second-order valence-corrected chi connectivity index (χ2v) is 6.90. The first-order chi connectivity index (χ1) is 13.3. The molecule has 0 saturated carbocycles. The van der Waals surface area contributed by atoms with E-state index in [1.807, 2.05) is 67.6 Å². The molecular weight excluding hydrogens is 360 g/mol. The molecule has 0 aliphatic heterocycles. The Hall–Kier alpha value is -3.06. The normalized spacial score (nSPS) is 10.9. The summed E-state index contributed by atoms with van der Waals surface area (Å²) in [6, 6.07) is 19.7. The first kappa shape index (κ1) is 17.4. The largest absolute Gasteiger partial charge is 0.485 e. The zero-order valence-electron chi connectivity index (χ0n) is 14.8. The van der Waals surface area contributed by atoms with Crippen molar-refractivity contribution in [3.05, 3.63) is 77.7 Å². The Labute approximate surface area is 161 Å². The van der Waals surface area contributed by atoms with Crippen LogP contribution in [0.5, 0.6) is 5.75 Å². The molecule has 7 heteroatoms. The third kappa shape index (κ3) is 4.38. The van der Waals surface area contributed by atoms with E-state index in [0.717, 1.165) is 28.3 Å². The molecule has 27 heavy (non-hydrogen) atoms. The molecule has 0 unspecified atom stereocenters. The molecule has 2 aromatic heterocycles. The molecule has 136 valence electrons. The fourth-order valence-electron chi connectivity index (χ4n) is 2.53. The topological polar surface area (TPSA) is 76.8 Å². The molecule has 4 aromatic rings. The first-order valence-corrected chi connectivity index (χ1v) is 9.50. The molecule has 0 spiro atoms. The van der Waals surface area contributed by atoms with E-state index in [9.17, 15) is 0 Å². The maximum atomic E-state index is 5.78. The van der Waals surface area contributed by atoms with Gasteiger partial charge in [-0.1, -0.05) is 65.4 Å². The standard InChI is InChI=1S/C20H18N4O2S/c1-14-7-5-6-10-17(14)25-12-19-21-20(23-22-19)27-13-16-11-18(26-24-16)15-8-3-2-4-9-15/h2-11H,12-13H2,1H3,(H,21,22,23). The number of aromatic nitrogens is 4. The number of nitrogens with one attached hydrogen (secondary N) is 1. The van der Waals surface area contributed by atoms with Crippen LogP contribution in [-0.4, -0.2) is 20.3 Å². The maximum Gasteiger partial charge on any atom is 0.208 e. The number of aromatic amines is 1. The van der Waals surface area contributed by atoms with E-state index in [4.69, 9.17) is 9.26 Å². The van der Waals surface area contributed by atoms with Crippen molar-refractivity contribution in [2.45, 2.75) is 24.4 Å². The molecule has 0 amide bonds. The fourth-order valence-corrected chi connectivity index (χ4v) is 3.23. The summed E-state index contributed by atoms with van der Waals surface area (Å²) in [6.45, 7) is 2.36. The lowest BCUT2D eigenvalue weighted by atomic mass is 10.2. The Balaban J connectivity index is 1.32. The highest BCUT2D eigenvalue weighted by Gasteiger charge is 2.10. The molecule has 2 heterocycles. The van der Waals surface area contributed by atoms with Gasteiger partial charge < -0.3 is 9.26 Å². The van der Waals surface area contributed by atoms with Gasteiger partial charge in [-0.2, -0.15) is 0 Å². The Kier molecular flexibility index (Phi) is 5.20. The van der Waals surface area contributed by atoms with Crippen molar-refractivity contribution in [3.63, 3.8) is 0 Å². The lowest BCUT2D eigenvalue weighted by Crippen LogP contribution is -1.98. The lowest BCUT2D eigenvalue weighted by Gasteiger charge is -2.06. The number of hydrogen-bond acceptors (Lipinski definition) is 6. The minimum Gasteiger partial charge on any atom is -0.485 e. The van der Waals surface area contributed by atoms with Gasteiger partial charge in [0, 0.05) is 17.4 Å². The third-order valence-electron chi connectivity index (χ3n) is 3.94. The highest BCUT2D eigenvalue weighted by molar-refractivity contribution is 7.98. The van der Waals surface area contributed by atoms with Crippen molar-refractivity contribution in [2.24, 2.45) is 0 Å². The second-order valence-electron chi connectivity index (χ2n) is 5.96. The lowest BCUT2D eigenvalue weighted by molar-refractivity contribution is 0.294. The van der Waals surface area contributed by atoms with Crippen LogP contribution in [0, 0.1) is 6.92 Å². The molecule has 6 nitrogen and oxygen atoms in total. The number of rotatable bonds is 7. The van der Waals surface area contributed by atoms with Gasteiger partial charge in [0.05, 0.1) is 5.69 Å². The van der Waals surface area contributed by atoms with Gasteiger partial charge in [0.15, 0.2) is 11.6 Å². The van der Waals surface area contributed by atoms with E-state index >= 15 is 0 Å². The SMILES string of the molecule is Cc1ccccc1OCc1nc(SCc2cc(-c3ccccc3)on2)n[nH]1. The molecule has 0 bridgehead atoms. The van der Waals surface area contributed by atoms with Gasteiger partial charge in [-0.25, -0.2) is 4.98 Å². The Morgan fingerprint density at radius 3 is 2.74 bits per heavy atom. The predicted molar refractivity (Wildman–Crippen MR) is 103 cm³/mol. The van der Waals surface area contributed by atoms with Gasteiger partial charge in [0.1, 0.15) is 12.4 Å². The van der Waals surface area contributed by atoms with Crippen LogP contribution < -0.4 is 4.74 Å². The van der Waals surface area contributed by atoms with Crippen molar-refractivity contribution in [2.75, 3.05) is 0 Å². The summed E-state index contributed by atoms with van der Waals surface area (Å²) in [5.74, 6) is 2.92. The second kappa shape index (κ2) is 8.09.